The number of nitrogens with one attached hydrogen (secondary N) is 1. The van der Waals surface area contributed by atoms with E-state index in [-0.39, 0.29) is 0 Å². The molecule has 3 rings (SSSR count). The summed E-state index contributed by atoms with van der Waals surface area (Å²) in [7, 11) is 0. The van der Waals surface area contributed by atoms with Crippen molar-refractivity contribution in [2.45, 2.75) is 20.4 Å². The summed E-state index contributed by atoms with van der Waals surface area (Å²) in [5, 5.41) is 7.23. The first kappa shape index (κ1) is 12.4. The molecule has 0 atom stereocenters. The summed E-state index contributed by atoms with van der Waals surface area (Å²) in [4.78, 5) is 8.55. The third kappa shape index (κ3) is 2.40. The zero-order valence-corrected chi connectivity index (χ0v) is 11.4. The van der Waals surface area contributed by atoms with Crippen LogP contribution in [0.2, 0.25) is 0 Å². The Morgan fingerprint density at radius 1 is 1.30 bits per heavy atom. The molecule has 1 N–H and O–H groups in total. The fourth-order valence-corrected chi connectivity index (χ4v) is 1.99. The molecule has 0 saturated carbocycles. The largest absolute Gasteiger partial charge is 0.366 e. The summed E-state index contributed by atoms with van der Waals surface area (Å²) in [6.45, 7) is 4.48. The minimum atomic E-state index is 0.640. The molecule has 0 saturated heterocycles. The Balaban J connectivity index is 1.77. The van der Waals surface area contributed by atoms with Crippen LogP contribution in [0.1, 0.15) is 17.0 Å². The monoisotopic (exact) mass is 269 g/mol. The predicted octanol–water partition coefficient (Wildman–Crippen LogP) is 2.48. The van der Waals surface area contributed by atoms with E-state index < -0.39 is 0 Å². The maximum absolute atomic E-state index is 5.14. The molecule has 0 aliphatic heterocycles. The lowest BCUT2D eigenvalue weighted by Gasteiger charge is -2.07. The van der Waals surface area contributed by atoms with Crippen LogP contribution in [0.4, 0.5) is 5.82 Å². The molecule has 0 aliphatic rings. The molecule has 3 aromatic rings. The number of imidazole rings is 1. The van der Waals surface area contributed by atoms with Crippen molar-refractivity contribution in [3.63, 3.8) is 0 Å². The van der Waals surface area contributed by atoms with Crippen LogP contribution >= 0.6 is 0 Å². The number of nitrogens with zero attached hydrogens (tertiary/aromatic N) is 4. The van der Waals surface area contributed by atoms with E-state index in [9.17, 15) is 0 Å². The van der Waals surface area contributed by atoms with Crippen LogP contribution in [0.25, 0.3) is 5.82 Å². The Morgan fingerprint density at radius 3 is 2.90 bits per heavy atom. The molecule has 0 aromatic carbocycles. The fourth-order valence-electron chi connectivity index (χ4n) is 1.99. The molecule has 6 nitrogen and oxygen atoms in total. The highest BCUT2D eigenvalue weighted by atomic mass is 16.5. The van der Waals surface area contributed by atoms with Crippen molar-refractivity contribution >= 4 is 5.82 Å². The minimum Gasteiger partial charge on any atom is -0.366 e. The topological polar surface area (TPSA) is 68.8 Å². The van der Waals surface area contributed by atoms with Crippen LogP contribution < -0.4 is 5.32 Å². The smallest absolute Gasteiger partial charge is 0.140 e. The van der Waals surface area contributed by atoms with Crippen molar-refractivity contribution in [3.05, 3.63) is 53.9 Å². The maximum Gasteiger partial charge on any atom is 0.140 e. The maximum atomic E-state index is 5.14. The van der Waals surface area contributed by atoms with Gasteiger partial charge in [0.1, 0.15) is 23.7 Å². The third-order valence-electron chi connectivity index (χ3n) is 3.13. The quantitative estimate of drug-likeness (QED) is 0.788. The van der Waals surface area contributed by atoms with Crippen LogP contribution in [0, 0.1) is 13.8 Å². The standard InChI is InChI=1S/C14H15N5O/c1-10-12(11(2)20-18-10)8-16-13-4-3-5-14(17-13)19-7-6-15-9-19/h3-7,9H,8H2,1-2H3,(H,16,17). The molecule has 20 heavy (non-hydrogen) atoms. The van der Waals surface area contributed by atoms with Crippen molar-refractivity contribution in [3.8, 4) is 5.82 Å². The normalized spacial score (nSPS) is 10.7. The minimum absolute atomic E-state index is 0.640. The first-order chi connectivity index (χ1) is 9.74. The van der Waals surface area contributed by atoms with Crippen molar-refractivity contribution in [1.82, 2.24) is 19.7 Å². The van der Waals surface area contributed by atoms with Gasteiger partial charge in [0.2, 0.25) is 0 Å². The van der Waals surface area contributed by atoms with E-state index in [4.69, 9.17) is 4.52 Å². The van der Waals surface area contributed by atoms with E-state index >= 15 is 0 Å². The molecular formula is C14H15N5O. The second kappa shape index (κ2) is 5.16. The van der Waals surface area contributed by atoms with Crippen LogP contribution in [0.15, 0.2) is 41.4 Å². The molecular weight excluding hydrogens is 254 g/mol. The number of anilines is 1. The Hall–Kier alpha value is -2.63. The van der Waals surface area contributed by atoms with Crippen molar-refractivity contribution in [2.24, 2.45) is 0 Å². The van der Waals surface area contributed by atoms with Crippen LogP contribution in [-0.2, 0) is 6.54 Å². The molecule has 0 radical (unpaired) electrons. The second-order valence-electron chi connectivity index (χ2n) is 4.51. The zero-order chi connectivity index (χ0) is 13.9. The Labute approximate surface area is 116 Å². The van der Waals surface area contributed by atoms with E-state index in [0.29, 0.717) is 6.54 Å². The lowest BCUT2D eigenvalue weighted by Crippen LogP contribution is -2.04. The van der Waals surface area contributed by atoms with E-state index in [1.165, 1.54) is 0 Å². The molecule has 0 amide bonds. The van der Waals surface area contributed by atoms with Gasteiger partial charge in [0.25, 0.3) is 0 Å². The molecule has 3 heterocycles. The lowest BCUT2D eigenvalue weighted by atomic mass is 10.2. The van der Waals surface area contributed by atoms with Crippen molar-refractivity contribution < 1.29 is 4.52 Å². The third-order valence-corrected chi connectivity index (χ3v) is 3.13. The molecule has 0 bridgehead atoms. The predicted molar refractivity (Wildman–Crippen MR) is 74.7 cm³/mol. The number of rotatable bonds is 4. The number of hydrogen-bond acceptors (Lipinski definition) is 5. The summed E-state index contributed by atoms with van der Waals surface area (Å²) >= 11 is 0. The van der Waals surface area contributed by atoms with Gasteiger partial charge >= 0.3 is 0 Å². The van der Waals surface area contributed by atoms with E-state index in [1.807, 2.05) is 42.8 Å². The molecule has 102 valence electrons. The number of aromatic nitrogens is 4. The van der Waals surface area contributed by atoms with E-state index in [0.717, 1.165) is 28.7 Å². The zero-order valence-electron chi connectivity index (χ0n) is 11.4. The van der Waals surface area contributed by atoms with Gasteiger partial charge in [-0.25, -0.2) is 9.97 Å². The average Bonchev–Trinajstić information content (AvgIpc) is 3.09. The summed E-state index contributed by atoms with van der Waals surface area (Å²) in [6.07, 6.45) is 5.31. The Morgan fingerprint density at radius 2 is 2.20 bits per heavy atom. The van der Waals surface area contributed by atoms with Gasteiger partial charge < -0.3 is 9.84 Å². The van der Waals surface area contributed by atoms with E-state index in [1.54, 1.807) is 12.5 Å². The highest BCUT2D eigenvalue weighted by Gasteiger charge is 2.08. The molecule has 6 heteroatoms. The average molecular weight is 269 g/mol. The van der Waals surface area contributed by atoms with Gasteiger partial charge in [0.15, 0.2) is 0 Å². The molecule has 0 unspecified atom stereocenters. The van der Waals surface area contributed by atoms with Gasteiger partial charge in [0, 0.05) is 24.5 Å². The highest BCUT2D eigenvalue weighted by Crippen LogP contribution is 2.15. The number of aryl methyl sites for hydroxylation is 2. The Bertz CT molecular complexity index is 683. The summed E-state index contributed by atoms with van der Waals surface area (Å²) in [5.74, 6) is 2.46. The van der Waals surface area contributed by atoms with E-state index in [2.05, 4.69) is 20.4 Å². The van der Waals surface area contributed by atoms with Gasteiger partial charge in [0.05, 0.1) is 5.69 Å². The Kier molecular flexibility index (Phi) is 3.20. The number of pyridine rings is 1. The van der Waals surface area contributed by atoms with Gasteiger partial charge in [-0.1, -0.05) is 11.2 Å². The molecule has 0 fully saturated rings. The van der Waals surface area contributed by atoms with Crippen molar-refractivity contribution in [2.75, 3.05) is 5.32 Å². The van der Waals surface area contributed by atoms with Gasteiger partial charge in [-0.05, 0) is 26.0 Å². The first-order valence-corrected chi connectivity index (χ1v) is 6.35. The van der Waals surface area contributed by atoms with Crippen molar-refractivity contribution in [1.29, 1.82) is 0 Å². The molecule has 3 aromatic heterocycles. The van der Waals surface area contributed by atoms with Crippen LogP contribution in [0.3, 0.4) is 0 Å². The lowest BCUT2D eigenvalue weighted by molar-refractivity contribution is 0.392. The highest BCUT2D eigenvalue weighted by molar-refractivity contribution is 5.41. The summed E-state index contributed by atoms with van der Waals surface area (Å²) < 4.78 is 7.01. The van der Waals surface area contributed by atoms with Crippen LogP contribution in [0.5, 0.6) is 0 Å². The summed E-state index contributed by atoms with van der Waals surface area (Å²) in [5.41, 5.74) is 1.97. The fraction of sp³-hybridized carbons (Fsp3) is 0.214. The van der Waals surface area contributed by atoms with Gasteiger partial charge in [-0.15, -0.1) is 0 Å². The van der Waals surface area contributed by atoms with Crippen LogP contribution in [-0.4, -0.2) is 19.7 Å². The van der Waals surface area contributed by atoms with Gasteiger partial charge in [-0.3, -0.25) is 4.57 Å². The second-order valence-corrected chi connectivity index (χ2v) is 4.51. The first-order valence-electron chi connectivity index (χ1n) is 6.35. The SMILES string of the molecule is Cc1noc(C)c1CNc1cccc(-n2ccnc2)n1. The molecule has 0 spiro atoms. The van der Waals surface area contributed by atoms with Gasteiger partial charge in [-0.2, -0.15) is 0 Å². The molecule has 0 aliphatic carbocycles. The summed E-state index contributed by atoms with van der Waals surface area (Å²) in [6, 6.07) is 5.82. The number of hydrogen-bond donors (Lipinski definition) is 1.